The summed E-state index contributed by atoms with van der Waals surface area (Å²) in [6, 6.07) is 5.52. The molecule has 2 atom stereocenters. The van der Waals surface area contributed by atoms with E-state index in [4.69, 9.17) is 4.55 Å². The SMILES string of the molecule is Cc1ccc(S(=O)(=O)OC(C)C(F)S(=O)(=O)O)cc1. The highest BCUT2D eigenvalue weighted by Crippen LogP contribution is 2.19. The van der Waals surface area contributed by atoms with Crippen LogP contribution >= 0.6 is 0 Å². The zero-order valence-electron chi connectivity index (χ0n) is 10.1. The first-order chi connectivity index (χ1) is 8.54. The van der Waals surface area contributed by atoms with Gasteiger partial charge in [0.2, 0.25) is 0 Å². The lowest BCUT2D eigenvalue weighted by molar-refractivity contribution is 0.158. The highest BCUT2D eigenvalue weighted by Gasteiger charge is 2.33. The van der Waals surface area contributed by atoms with Crippen LogP contribution in [-0.4, -0.2) is 33.0 Å². The van der Waals surface area contributed by atoms with E-state index in [1.54, 1.807) is 6.92 Å². The Morgan fingerprint density at radius 1 is 1.16 bits per heavy atom. The fourth-order valence-electron chi connectivity index (χ4n) is 1.25. The Morgan fingerprint density at radius 2 is 1.63 bits per heavy atom. The van der Waals surface area contributed by atoms with Gasteiger partial charge in [-0.3, -0.25) is 8.74 Å². The first-order valence-electron chi connectivity index (χ1n) is 5.14. The van der Waals surface area contributed by atoms with Gasteiger partial charge in [-0.25, -0.2) is 4.39 Å². The average Bonchev–Trinajstić information content (AvgIpc) is 2.26. The van der Waals surface area contributed by atoms with Crippen molar-refractivity contribution >= 4 is 20.2 Å². The van der Waals surface area contributed by atoms with Crippen molar-refractivity contribution in [3.05, 3.63) is 29.8 Å². The van der Waals surface area contributed by atoms with Crippen molar-refractivity contribution in [2.45, 2.75) is 30.4 Å². The Hall–Kier alpha value is -1.03. The molecule has 6 nitrogen and oxygen atoms in total. The minimum absolute atomic E-state index is 0.229. The van der Waals surface area contributed by atoms with Crippen LogP contribution in [0.5, 0.6) is 0 Å². The summed E-state index contributed by atoms with van der Waals surface area (Å²) in [6.45, 7) is 2.64. The number of rotatable bonds is 5. The molecule has 1 aromatic rings. The molecule has 1 N–H and O–H groups in total. The summed E-state index contributed by atoms with van der Waals surface area (Å²) in [7, 11) is -9.32. The minimum atomic E-state index is -5.02. The number of alkyl halides is 1. The zero-order valence-corrected chi connectivity index (χ0v) is 11.8. The van der Waals surface area contributed by atoms with E-state index < -0.39 is 31.8 Å². The second kappa shape index (κ2) is 5.53. The first kappa shape index (κ1) is 16.0. The zero-order chi connectivity index (χ0) is 14.8. The average molecular weight is 312 g/mol. The number of aryl methyl sites for hydroxylation is 1. The van der Waals surface area contributed by atoms with E-state index in [1.165, 1.54) is 24.3 Å². The molecular formula is C10H13FO6S2. The van der Waals surface area contributed by atoms with Gasteiger partial charge in [0.15, 0.2) is 0 Å². The molecular weight excluding hydrogens is 299 g/mol. The van der Waals surface area contributed by atoms with Crippen LogP contribution in [0.3, 0.4) is 0 Å². The maximum absolute atomic E-state index is 13.2. The van der Waals surface area contributed by atoms with E-state index in [9.17, 15) is 21.2 Å². The van der Waals surface area contributed by atoms with E-state index in [0.717, 1.165) is 12.5 Å². The fourth-order valence-corrected chi connectivity index (χ4v) is 2.93. The molecule has 1 aromatic carbocycles. The van der Waals surface area contributed by atoms with Crippen molar-refractivity contribution in [1.29, 1.82) is 0 Å². The van der Waals surface area contributed by atoms with Gasteiger partial charge in [-0.2, -0.15) is 16.8 Å². The number of benzene rings is 1. The van der Waals surface area contributed by atoms with Crippen molar-refractivity contribution in [1.82, 2.24) is 0 Å². The smallest absolute Gasteiger partial charge is 0.283 e. The Balaban J connectivity index is 2.95. The lowest BCUT2D eigenvalue weighted by Gasteiger charge is -2.15. The van der Waals surface area contributed by atoms with Gasteiger partial charge in [-0.15, -0.1) is 0 Å². The van der Waals surface area contributed by atoms with Gasteiger partial charge in [0, 0.05) is 0 Å². The standard InChI is InChI=1S/C10H13FO6S2/c1-7-3-5-9(6-4-7)19(15,16)17-8(2)10(11)18(12,13)14/h3-6,8,10H,1-2H3,(H,12,13,14). The van der Waals surface area contributed by atoms with Gasteiger partial charge < -0.3 is 0 Å². The second-order valence-corrected chi connectivity index (χ2v) is 6.99. The lowest BCUT2D eigenvalue weighted by Crippen LogP contribution is -2.31. The molecule has 0 fully saturated rings. The summed E-state index contributed by atoms with van der Waals surface area (Å²) in [5, 5.41) is 0. The van der Waals surface area contributed by atoms with Crippen LogP contribution in [0.1, 0.15) is 12.5 Å². The molecule has 0 bridgehead atoms. The van der Waals surface area contributed by atoms with Gasteiger partial charge in [0.25, 0.3) is 25.7 Å². The highest BCUT2D eigenvalue weighted by atomic mass is 32.2. The Bertz CT molecular complexity index is 635. The predicted molar refractivity (Wildman–Crippen MR) is 65.4 cm³/mol. The second-order valence-electron chi connectivity index (χ2n) is 3.93. The van der Waals surface area contributed by atoms with E-state index in [0.29, 0.717) is 0 Å². The maximum Gasteiger partial charge on any atom is 0.300 e. The van der Waals surface area contributed by atoms with Crippen molar-refractivity contribution in [3.63, 3.8) is 0 Å². The van der Waals surface area contributed by atoms with Crippen LogP contribution in [-0.2, 0) is 24.4 Å². The molecule has 0 aliphatic rings. The van der Waals surface area contributed by atoms with Crippen molar-refractivity contribution in [2.75, 3.05) is 0 Å². The molecule has 0 heterocycles. The topological polar surface area (TPSA) is 97.7 Å². The molecule has 0 aliphatic heterocycles. The molecule has 0 aromatic heterocycles. The third kappa shape index (κ3) is 4.23. The third-order valence-corrected chi connectivity index (χ3v) is 4.60. The summed E-state index contributed by atoms with van der Waals surface area (Å²) >= 11 is 0. The normalized spacial score (nSPS) is 16.0. The summed E-state index contributed by atoms with van der Waals surface area (Å²) in [6.07, 6.45) is -1.86. The molecule has 9 heteroatoms. The monoisotopic (exact) mass is 312 g/mol. The van der Waals surface area contributed by atoms with Crippen LogP contribution in [0.4, 0.5) is 4.39 Å². The molecule has 0 saturated carbocycles. The Labute approximate surface area is 111 Å². The van der Waals surface area contributed by atoms with Gasteiger partial charge in [-0.1, -0.05) is 17.7 Å². The van der Waals surface area contributed by atoms with Crippen molar-refractivity contribution < 1.29 is 30.0 Å². The van der Waals surface area contributed by atoms with Crippen LogP contribution < -0.4 is 0 Å². The molecule has 0 aliphatic carbocycles. The molecule has 2 unspecified atom stereocenters. The van der Waals surface area contributed by atoms with E-state index in [1.807, 2.05) is 0 Å². The summed E-state index contributed by atoms with van der Waals surface area (Å²) in [5.41, 5.74) is -2.03. The quantitative estimate of drug-likeness (QED) is 0.649. The molecule has 0 radical (unpaired) electrons. The van der Waals surface area contributed by atoms with Crippen molar-refractivity contribution in [3.8, 4) is 0 Å². The van der Waals surface area contributed by atoms with Crippen LogP contribution in [0.25, 0.3) is 0 Å². The summed E-state index contributed by atoms with van der Waals surface area (Å²) < 4.78 is 70.6. The summed E-state index contributed by atoms with van der Waals surface area (Å²) in [5.74, 6) is 0. The van der Waals surface area contributed by atoms with Gasteiger partial charge in [0.05, 0.1) is 4.90 Å². The minimum Gasteiger partial charge on any atom is -0.283 e. The third-order valence-electron chi connectivity index (χ3n) is 2.24. The first-order valence-corrected chi connectivity index (χ1v) is 8.05. The molecule has 19 heavy (non-hydrogen) atoms. The summed E-state index contributed by atoms with van der Waals surface area (Å²) in [4.78, 5) is -0.229. The molecule has 0 amide bonds. The molecule has 1 rings (SSSR count). The van der Waals surface area contributed by atoms with E-state index >= 15 is 0 Å². The van der Waals surface area contributed by atoms with Gasteiger partial charge >= 0.3 is 0 Å². The van der Waals surface area contributed by atoms with E-state index in [2.05, 4.69) is 4.18 Å². The largest absolute Gasteiger partial charge is 0.300 e. The van der Waals surface area contributed by atoms with Crippen LogP contribution in [0, 0.1) is 6.92 Å². The Morgan fingerprint density at radius 3 is 2.05 bits per heavy atom. The molecule has 0 spiro atoms. The van der Waals surface area contributed by atoms with Crippen LogP contribution in [0.2, 0.25) is 0 Å². The highest BCUT2D eigenvalue weighted by molar-refractivity contribution is 7.87. The maximum atomic E-state index is 13.2. The van der Waals surface area contributed by atoms with Gasteiger partial charge in [0.1, 0.15) is 6.10 Å². The molecule has 108 valence electrons. The van der Waals surface area contributed by atoms with Crippen molar-refractivity contribution in [2.24, 2.45) is 0 Å². The Kier molecular flexibility index (Phi) is 4.67. The number of halogens is 1. The number of hydrogen-bond donors (Lipinski definition) is 1. The van der Waals surface area contributed by atoms with E-state index in [-0.39, 0.29) is 4.90 Å². The fraction of sp³-hybridized carbons (Fsp3) is 0.400. The van der Waals surface area contributed by atoms with Crippen LogP contribution in [0.15, 0.2) is 29.2 Å². The van der Waals surface area contributed by atoms with Gasteiger partial charge in [-0.05, 0) is 26.0 Å². The number of hydrogen-bond acceptors (Lipinski definition) is 5. The molecule has 0 saturated heterocycles. The predicted octanol–water partition coefficient (Wildman–Crippen LogP) is 1.27. The lowest BCUT2D eigenvalue weighted by atomic mass is 10.2.